The van der Waals surface area contributed by atoms with Crippen molar-refractivity contribution in [3.05, 3.63) is 21.8 Å². The van der Waals surface area contributed by atoms with Crippen LogP contribution in [0.25, 0.3) is 0 Å². The number of benzene rings is 1. The molecule has 0 bridgehead atoms. The Morgan fingerprint density at radius 3 is 2.58 bits per heavy atom. The second-order valence-electron chi connectivity index (χ2n) is 3.49. The highest BCUT2D eigenvalue weighted by Crippen LogP contribution is 2.22. The number of ether oxygens (including phenoxy) is 1. The van der Waals surface area contributed by atoms with Gasteiger partial charge in [-0.15, -0.1) is 0 Å². The maximum Gasteiger partial charge on any atom is 0.315 e. The number of amides is 1. The van der Waals surface area contributed by atoms with Crippen LogP contribution in [0.1, 0.15) is 6.42 Å². The first kappa shape index (κ1) is 15.9. The fraction of sp³-hybridized carbons (Fsp3) is 0.200. The summed E-state index contributed by atoms with van der Waals surface area (Å²) in [4.78, 5) is 22.2. The van der Waals surface area contributed by atoms with E-state index in [0.717, 1.165) is 7.11 Å². The molecule has 0 atom stereocenters. The summed E-state index contributed by atoms with van der Waals surface area (Å²) < 4.78 is 27.8. The van der Waals surface area contributed by atoms with Gasteiger partial charge < -0.3 is 10.1 Å². The van der Waals surface area contributed by atoms with Crippen molar-refractivity contribution in [2.75, 3.05) is 12.4 Å². The smallest absolute Gasteiger partial charge is 0.315 e. The molecule has 1 aromatic carbocycles. The van der Waals surface area contributed by atoms with Gasteiger partial charge in [0.2, 0.25) is 15.9 Å². The first-order valence-electron chi connectivity index (χ1n) is 4.93. The number of carbonyl (C=O) groups is 2. The molecule has 104 valence electrons. The van der Waals surface area contributed by atoms with Gasteiger partial charge in [0, 0.05) is 3.57 Å². The minimum absolute atomic E-state index is 0.0248. The molecular formula is C10H11IN2O5S. The van der Waals surface area contributed by atoms with E-state index in [-0.39, 0.29) is 10.6 Å². The molecule has 0 aliphatic rings. The first-order chi connectivity index (χ1) is 8.74. The Balaban J connectivity index is 3.02. The highest BCUT2D eigenvalue weighted by atomic mass is 127. The van der Waals surface area contributed by atoms with Gasteiger partial charge in [0.15, 0.2) is 0 Å². The van der Waals surface area contributed by atoms with Gasteiger partial charge >= 0.3 is 5.97 Å². The van der Waals surface area contributed by atoms with Gasteiger partial charge in [0.05, 0.1) is 12.8 Å². The van der Waals surface area contributed by atoms with Crippen molar-refractivity contribution in [3.63, 3.8) is 0 Å². The largest absolute Gasteiger partial charge is 0.469 e. The minimum atomic E-state index is -3.97. The number of anilines is 1. The predicted octanol–water partition coefficient (Wildman–Crippen LogP) is 0.440. The number of nitrogens with one attached hydrogen (secondary N) is 1. The number of methoxy groups -OCH3 is 1. The summed E-state index contributed by atoms with van der Waals surface area (Å²) in [5.74, 6) is -1.40. The average molecular weight is 398 g/mol. The van der Waals surface area contributed by atoms with Crippen LogP contribution in [0.15, 0.2) is 23.1 Å². The highest BCUT2D eigenvalue weighted by Gasteiger charge is 2.17. The van der Waals surface area contributed by atoms with E-state index in [4.69, 9.17) is 5.14 Å². The molecule has 7 nitrogen and oxygen atoms in total. The van der Waals surface area contributed by atoms with Gasteiger partial charge in [-0.3, -0.25) is 9.59 Å². The molecule has 0 spiro atoms. The van der Waals surface area contributed by atoms with Crippen LogP contribution in [0.4, 0.5) is 5.69 Å². The van der Waals surface area contributed by atoms with Gasteiger partial charge in [-0.25, -0.2) is 13.6 Å². The van der Waals surface area contributed by atoms with E-state index in [9.17, 15) is 18.0 Å². The lowest BCUT2D eigenvalue weighted by Crippen LogP contribution is -2.20. The van der Waals surface area contributed by atoms with Crippen LogP contribution in [0.5, 0.6) is 0 Å². The van der Waals surface area contributed by atoms with Crippen molar-refractivity contribution in [1.29, 1.82) is 0 Å². The standard InChI is InChI=1S/C10H11IN2O5S/c1-18-10(15)5-9(14)13-7-3-2-6(11)4-8(7)19(12,16)17/h2-4H,5H2,1H3,(H,13,14)(H2,12,16,17). The molecule has 0 radical (unpaired) electrons. The lowest BCUT2D eigenvalue weighted by Gasteiger charge is -2.09. The molecular weight excluding hydrogens is 387 g/mol. The number of hydrogen-bond donors (Lipinski definition) is 2. The van der Waals surface area contributed by atoms with E-state index in [1.807, 2.05) is 22.6 Å². The Kier molecular flexibility index (Phi) is 5.26. The van der Waals surface area contributed by atoms with Crippen LogP contribution in [0.3, 0.4) is 0 Å². The van der Waals surface area contributed by atoms with E-state index in [1.165, 1.54) is 12.1 Å². The number of nitrogens with two attached hydrogens (primary N) is 1. The van der Waals surface area contributed by atoms with Crippen LogP contribution < -0.4 is 10.5 Å². The summed E-state index contributed by atoms with van der Waals surface area (Å²) >= 11 is 1.91. The zero-order valence-corrected chi connectivity index (χ0v) is 12.8. The molecule has 0 heterocycles. The second kappa shape index (κ2) is 6.30. The van der Waals surface area contributed by atoms with E-state index in [0.29, 0.717) is 3.57 Å². The minimum Gasteiger partial charge on any atom is -0.469 e. The Labute approximate surface area is 123 Å². The fourth-order valence-corrected chi connectivity index (χ4v) is 2.65. The summed E-state index contributed by atoms with van der Waals surface area (Å²) in [5, 5.41) is 7.36. The van der Waals surface area contributed by atoms with Crippen molar-refractivity contribution in [3.8, 4) is 0 Å². The summed E-state index contributed by atoms with van der Waals surface area (Å²) in [5.41, 5.74) is 0.0248. The second-order valence-corrected chi connectivity index (χ2v) is 6.26. The zero-order chi connectivity index (χ0) is 14.6. The third-order valence-electron chi connectivity index (χ3n) is 2.06. The van der Waals surface area contributed by atoms with Crippen LogP contribution in [0, 0.1) is 3.57 Å². The number of hydrogen-bond acceptors (Lipinski definition) is 5. The molecule has 0 unspecified atom stereocenters. The summed E-state index contributed by atoms with van der Waals surface area (Å²) in [6, 6.07) is 4.32. The fourth-order valence-electron chi connectivity index (χ4n) is 1.23. The summed E-state index contributed by atoms with van der Waals surface area (Å²) in [6.07, 6.45) is -0.507. The van der Waals surface area contributed by atoms with Gasteiger partial charge in [-0.2, -0.15) is 0 Å². The quantitative estimate of drug-likeness (QED) is 0.434. The van der Waals surface area contributed by atoms with Crippen molar-refractivity contribution < 1.29 is 22.7 Å². The van der Waals surface area contributed by atoms with Crippen molar-refractivity contribution in [2.45, 2.75) is 11.3 Å². The van der Waals surface area contributed by atoms with Gasteiger partial charge in [-0.05, 0) is 40.8 Å². The van der Waals surface area contributed by atoms with E-state index < -0.39 is 28.3 Å². The third kappa shape index (κ3) is 4.76. The maximum atomic E-state index is 11.5. The van der Waals surface area contributed by atoms with Crippen LogP contribution in [-0.4, -0.2) is 27.4 Å². The summed E-state index contributed by atoms with van der Waals surface area (Å²) in [6.45, 7) is 0. The van der Waals surface area contributed by atoms with Crippen molar-refractivity contribution in [2.24, 2.45) is 5.14 Å². The monoisotopic (exact) mass is 398 g/mol. The van der Waals surface area contributed by atoms with Crippen molar-refractivity contribution >= 4 is 50.2 Å². The molecule has 9 heteroatoms. The number of esters is 1. The maximum absolute atomic E-state index is 11.5. The van der Waals surface area contributed by atoms with E-state index in [2.05, 4.69) is 10.1 Å². The van der Waals surface area contributed by atoms with Crippen molar-refractivity contribution in [1.82, 2.24) is 0 Å². The topological polar surface area (TPSA) is 116 Å². The lowest BCUT2D eigenvalue weighted by atomic mass is 10.3. The first-order valence-corrected chi connectivity index (χ1v) is 7.55. The molecule has 1 aromatic rings. The SMILES string of the molecule is COC(=O)CC(=O)Nc1ccc(I)cc1S(N)(=O)=O. The number of rotatable bonds is 4. The number of primary sulfonamides is 1. The molecule has 1 amide bonds. The average Bonchev–Trinajstić information content (AvgIpc) is 2.29. The number of halogens is 1. The molecule has 0 aliphatic heterocycles. The molecule has 0 saturated heterocycles. The Morgan fingerprint density at radius 1 is 1.42 bits per heavy atom. The molecule has 19 heavy (non-hydrogen) atoms. The predicted molar refractivity (Wildman–Crippen MR) is 75.8 cm³/mol. The van der Waals surface area contributed by atoms with E-state index in [1.54, 1.807) is 6.07 Å². The van der Waals surface area contributed by atoms with Gasteiger partial charge in [-0.1, -0.05) is 0 Å². The molecule has 0 aliphatic carbocycles. The number of sulfonamides is 1. The Morgan fingerprint density at radius 2 is 2.05 bits per heavy atom. The highest BCUT2D eigenvalue weighted by molar-refractivity contribution is 14.1. The Bertz CT molecular complexity index is 614. The molecule has 0 fully saturated rings. The molecule has 3 N–H and O–H groups in total. The van der Waals surface area contributed by atoms with Crippen LogP contribution in [0.2, 0.25) is 0 Å². The third-order valence-corrected chi connectivity index (χ3v) is 3.68. The normalized spacial score (nSPS) is 10.9. The molecule has 1 rings (SSSR count). The summed E-state index contributed by atoms with van der Waals surface area (Å²) in [7, 11) is -2.82. The zero-order valence-electron chi connectivity index (χ0n) is 9.84. The Hall–Kier alpha value is -1.20. The van der Waals surface area contributed by atoms with E-state index >= 15 is 0 Å². The molecule has 0 aromatic heterocycles. The van der Waals surface area contributed by atoms with Crippen LogP contribution in [-0.2, 0) is 24.3 Å². The van der Waals surface area contributed by atoms with Crippen LogP contribution >= 0.6 is 22.6 Å². The van der Waals surface area contributed by atoms with Gasteiger partial charge in [0.1, 0.15) is 11.3 Å². The lowest BCUT2D eigenvalue weighted by molar-refractivity contribution is -0.142. The molecule has 0 saturated carbocycles. The van der Waals surface area contributed by atoms with Gasteiger partial charge in [0.25, 0.3) is 0 Å². The number of carbonyl (C=O) groups excluding carboxylic acids is 2.